The normalized spacial score (nSPS) is 14.4. The standard InChI is InChI=1S/C14H16ClN3O2S/c1-8(18-21(20)14(2,3)4)11-6-9-5-10(15)7-16-12(9)17-13(11)19/h5-7H,1-4H3,(H,16,17,19)/t21-/m0/s1. The van der Waals surface area contributed by atoms with Gasteiger partial charge in [-0.05, 0) is 39.8 Å². The maximum absolute atomic E-state index is 12.1. The Bertz CT molecular complexity index is 806. The first kappa shape index (κ1) is 15.9. The second-order valence-corrected chi connectivity index (χ2v) is 7.98. The minimum absolute atomic E-state index is 0.315. The Morgan fingerprint density at radius 1 is 1.38 bits per heavy atom. The molecule has 5 nitrogen and oxygen atoms in total. The number of aromatic amines is 1. The molecule has 21 heavy (non-hydrogen) atoms. The van der Waals surface area contributed by atoms with Crippen LogP contribution in [-0.2, 0) is 11.0 Å². The number of H-pyrrole nitrogens is 1. The van der Waals surface area contributed by atoms with Crippen LogP contribution in [0.3, 0.4) is 0 Å². The molecule has 0 aliphatic carbocycles. The lowest BCUT2D eigenvalue weighted by Gasteiger charge is -2.14. The molecule has 112 valence electrons. The maximum Gasteiger partial charge on any atom is 0.258 e. The monoisotopic (exact) mass is 325 g/mol. The maximum atomic E-state index is 12.1. The van der Waals surface area contributed by atoms with E-state index in [1.54, 1.807) is 19.1 Å². The van der Waals surface area contributed by atoms with Crippen molar-refractivity contribution >= 4 is 39.3 Å². The molecule has 2 aromatic rings. The van der Waals surface area contributed by atoms with Crippen LogP contribution in [0.5, 0.6) is 0 Å². The molecule has 7 heteroatoms. The smallest absolute Gasteiger partial charge is 0.258 e. The highest BCUT2D eigenvalue weighted by Gasteiger charge is 2.20. The van der Waals surface area contributed by atoms with E-state index < -0.39 is 15.7 Å². The van der Waals surface area contributed by atoms with Crippen molar-refractivity contribution in [2.24, 2.45) is 4.40 Å². The van der Waals surface area contributed by atoms with Gasteiger partial charge in [-0.15, -0.1) is 0 Å². The van der Waals surface area contributed by atoms with Crippen molar-refractivity contribution in [3.05, 3.63) is 39.3 Å². The van der Waals surface area contributed by atoms with Crippen LogP contribution in [0.15, 0.2) is 27.5 Å². The fourth-order valence-electron chi connectivity index (χ4n) is 1.64. The molecular weight excluding hydrogens is 310 g/mol. The van der Waals surface area contributed by atoms with E-state index in [1.807, 2.05) is 20.8 Å². The van der Waals surface area contributed by atoms with Gasteiger partial charge >= 0.3 is 0 Å². The van der Waals surface area contributed by atoms with E-state index in [-0.39, 0.29) is 5.56 Å². The van der Waals surface area contributed by atoms with E-state index in [4.69, 9.17) is 11.6 Å². The van der Waals surface area contributed by atoms with E-state index in [9.17, 15) is 9.00 Å². The number of nitrogens with zero attached hydrogens (tertiary/aromatic N) is 2. The van der Waals surface area contributed by atoms with E-state index >= 15 is 0 Å². The molecule has 1 N–H and O–H groups in total. The molecule has 0 bridgehead atoms. The van der Waals surface area contributed by atoms with Crippen molar-refractivity contribution in [1.29, 1.82) is 0 Å². The predicted octanol–water partition coefficient (Wildman–Crippen LogP) is 2.85. The van der Waals surface area contributed by atoms with E-state index in [2.05, 4.69) is 14.4 Å². The highest BCUT2D eigenvalue weighted by atomic mass is 35.5. The van der Waals surface area contributed by atoms with Gasteiger partial charge in [0.25, 0.3) is 5.56 Å². The highest BCUT2D eigenvalue weighted by molar-refractivity contribution is 7.85. The quantitative estimate of drug-likeness (QED) is 0.863. The van der Waals surface area contributed by atoms with Crippen LogP contribution in [0.1, 0.15) is 33.3 Å². The van der Waals surface area contributed by atoms with Gasteiger partial charge in [0.05, 0.1) is 21.0 Å². The minimum atomic E-state index is -1.42. The lowest BCUT2D eigenvalue weighted by Crippen LogP contribution is -2.22. The summed E-state index contributed by atoms with van der Waals surface area (Å²) >= 11 is 5.90. The van der Waals surface area contributed by atoms with Crippen LogP contribution in [0.2, 0.25) is 5.02 Å². The van der Waals surface area contributed by atoms with Gasteiger partial charge in [-0.1, -0.05) is 11.6 Å². The average molecular weight is 326 g/mol. The van der Waals surface area contributed by atoms with Crippen LogP contribution >= 0.6 is 11.6 Å². The Kier molecular flexibility index (Phi) is 4.30. The third-order valence-electron chi connectivity index (χ3n) is 2.79. The van der Waals surface area contributed by atoms with Crippen molar-refractivity contribution in [2.45, 2.75) is 32.4 Å². The molecule has 2 heterocycles. The summed E-state index contributed by atoms with van der Waals surface area (Å²) in [4.78, 5) is 18.8. The fraction of sp³-hybridized carbons (Fsp3) is 0.357. The second kappa shape index (κ2) is 5.69. The third-order valence-corrected chi connectivity index (χ3v) is 4.49. The molecule has 0 fully saturated rings. The molecule has 0 amide bonds. The first-order chi connectivity index (χ1) is 9.68. The van der Waals surface area contributed by atoms with Gasteiger partial charge in [-0.2, -0.15) is 4.40 Å². The molecule has 0 radical (unpaired) electrons. The van der Waals surface area contributed by atoms with Crippen LogP contribution < -0.4 is 5.56 Å². The topological polar surface area (TPSA) is 75.2 Å². The van der Waals surface area contributed by atoms with Gasteiger partial charge in [-0.25, -0.2) is 9.19 Å². The number of rotatable bonds is 2. The van der Waals surface area contributed by atoms with E-state index in [0.717, 1.165) is 0 Å². The van der Waals surface area contributed by atoms with Gasteiger partial charge in [0.2, 0.25) is 0 Å². The number of hydrogen-bond acceptors (Lipinski definition) is 3. The first-order valence-corrected chi connectivity index (χ1v) is 7.83. The zero-order chi connectivity index (χ0) is 15.8. The lowest BCUT2D eigenvalue weighted by atomic mass is 10.1. The Labute approximate surface area is 130 Å². The summed E-state index contributed by atoms with van der Waals surface area (Å²) in [5, 5.41) is 1.18. The van der Waals surface area contributed by atoms with Crippen molar-refractivity contribution in [3.63, 3.8) is 0 Å². The van der Waals surface area contributed by atoms with E-state index in [0.29, 0.717) is 27.3 Å². The van der Waals surface area contributed by atoms with Gasteiger partial charge in [0.1, 0.15) is 16.6 Å². The van der Waals surface area contributed by atoms with Crippen molar-refractivity contribution in [3.8, 4) is 0 Å². The molecule has 0 saturated heterocycles. The molecule has 0 aromatic carbocycles. The number of aromatic nitrogens is 2. The largest absolute Gasteiger partial charge is 0.306 e. The predicted molar refractivity (Wildman–Crippen MR) is 87.5 cm³/mol. The molecule has 1 atom stereocenters. The van der Waals surface area contributed by atoms with Crippen molar-refractivity contribution in [1.82, 2.24) is 9.97 Å². The Hall–Kier alpha value is -1.53. The molecule has 2 rings (SSSR count). The van der Waals surface area contributed by atoms with Gasteiger partial charge in [-0.3, -0.25) is 4.79 Å². The number of fused-ring (bicyclic) bond motifs is 1. The number of pyridine rings is 2. The summed E-state index contributed by atoms with van der Waals surface area (Å²) in [5.74, 6) is 0. The highest BCUT2D eigenvalue weighted by Crippen LogP contribution is 2.16. The number of halogens is 1. The Morgan fingerprint density at radius 3 is 2.67 bits per heavy atom. The first-order valence-electron chi connectivity index (χ1n) is 6.35. The lowest BCUT2D eigenvalue weighted by molar-refractivity contribution is 0.650. The van der Waals surface area contributed by atoms with Gasteiger partial charge in [0.15, 0.2) is 0 Å². The van der Waals surface area contributed by atoms with Crippen molar-refractivity contribution < 1.29 is 4.21 Å². The zero-order valence-corrected chi connectivity index (χ0v) is 13.8. The summed E-state index contributed by atoms with van der Waals surface area (Å²) < 4.78 is 15.7. The molecule has 0 saturated carbocycles. The average Bonchev–Trinajstić information content (AvgIpc) is 2.37. The zero-order valence-electron chi connectivity index (χ0n) is 12.2. The van der Waals surface area contributed by atoms with Crippen molar-refractivity contribution in [2.75, 3.05) is 0 Å². The van der Waals surface area contributed by atoms with E-state index in [1.165, 1.54) is 6.20 Å². The third kappa shape index (κ3) is 3.57. The molecular formula is C14H16ClN3O2S. The summed E-state index contributed by atoms with van der Waals surface area (Å²) in [5.41, 5.74) is 0.929. The Morgan fingerprint density at radius 2 is 2.05 bits per heavy atom. The summed E-state index contributed by atoms with van der Waals surface area (Å²) in [7, 11) is -1.42. The van der Waals surface area contributed by atoms with Gasteiger partial charge < -0.3 is 4.98 Å². The summed E-state index contributed by atoms with van der Waals surface area (Å²) in [6, 6.07) is 3.36. The van der Waals surface area contributed by atoms with Gasteiger partial charge in [0, 0.05) is 11.6 Å². The minimum Gasteiger partial charge on any atom is -0.306 e. The molecule has 0 aliphatic rings. The fourth-order valence-corrected chi connectivity index (χ4v) is 2.43. The Balaban J connectivity index is 2.56. The van der Waals surface area contributed by atoms with Crippen LogP contribution in [0, 0.1) is 0 Å². The molecule has 0 unspecified atom stereocenters. The number of nitrogens with one attached hydrogen (secondary N) is 1. The van der Waals surface area contributed by atoms with Crippen LogP contribution in [0.25, 0.3) is 11.0 Å². The SMILES string of the molecule is CC(=N[S@@](=O)C(C)(C)C)c1cc2cc(Cl)cnc2[nH]c1=O. The van der Waals surface area contributed by atoms with Crippen LogP contribution in [-0.4, -0.2) is 24.6 Å². The molecule has 2 aromatic heterocycles. The summed E-state index contributed by atoms with van der Waals surface area (Å²) in [6.45, 7) is 7.15. The second-order valence-electron chi connectivity index (χ2n) is 5.64. The summed E-state index contributed by atoms with van der Waals surface area (Å²) in [6.07, 6.45) is 1.47. The number of hydrogen-bond donors (Lipinski definition) is 1. The molecule has 0 spiro atoms. The van der Waals surface area contributed by atoms with Crippen LogP contribution in [0.4, 0.5) is 0 Å². The molecule has 0 aliphatic heterocycles.